The molecule has 2 heterocycles. The highest BCUT2D eigenvalue weighted by molar-refractivity contribution is 6.19. The summed E-state index contributed by atoms with van der Waals surface area (Å²) in [5.41, 5.74) is 17.3. The molecule has 9 aromatic carbocycles. The first-order valence-corrected chi connectivity index (χ1v) is 19.1. The topological polar surface area (TPSA) is 26.3 Å². The van der Waals surface area contributed by atoms with Gasteiger partial charge < -0.3 is 8.83 Å². The van der Waals surface area contributed by atoms with Gasteiger partial charge in [-0.1, -0.05) is 133 Å². The van der Waals surface area contributed by atoms with Gasteiger partial charge in [0.05, 0.1) is 0 Å². The summed E-state index contributed by atoms with van der Waals surface area (Å²) in [5.74, 6) is 0. The normalized spacial score (nSPS) is 11.6. The van der Waals surface area contributed by atoms with Crippen LogP contribution in [0.25, 0.3) is 111 Å². The SMILES string of the molecule is c1ccc(-c2cc(-c3ccccc3)cc(-c3ccc4oc5c(ccc6c7cc(-c8cc(-c9ccccc9)cc(-c9ccccc9)c8)ccc7oc65)c4c3)c2)cc1. The average molecular weight is 715 g/mol. The molecule has 262 valence electrons. The number of hydrogen-bond acceptors (Lipinski definition) is 2. The quantitative estimate of drug-likeness (QED) is 0.171. The molecule has 0 unspecified atom stereocenters. The summed E-state index contributed by atoms with van der Waals surface area (Å²) in [5, 5.41) is 4.22. The molecule has 0 saturated heterocycles. The molecule has 56 heavy (non-hydrogen) atoms. The van der Waals surface area contributed by atoms with E-state index in [1.54, 1.807) is 0 Å². The molecule has 0 fully saturated rings. The van der Waals surface area contributed by atoms with Crippen LogP contribution < -0.4 is 0 Å². The van der Waals surface area contributed by atoms with Crippen LogP contribution in [0.15, 0.2) is 215 Å². The number of hydrogen-bond donors (Lipinski definition) is 0. The van der Waals surface area contributed by atoms with Gasteiger partial charge in [0.1, 0.15) is 11.2 Å². The number of benzene rings is 9. The van der Waals surface area contributed by atoms with Crippen molar-refractivity contribution < 1.29 is 8.83 Å². The molecule has 0 aliphatic heterocycles. The second kappa shape index (κ2) is 13.2. The van der Waals surface area contributed by atoms with Crippen LogP contribution in [0.3, 0.4) is 0 Å². The lowest BCUT2D eigenvalue weighted by atomic mass is 9.92. The number of rotatable bonds is 6. The third kappa shape index (κ3) is 5.59. The molecule has 11 rings (SSSR count). The number of furan rings is 2. The molecule has 0 N–H and O–H groups in total. The maximum absolute atomic E-state index is 6.62. The highest BCUT2D eigenvalue weighted by atomic mass is 16.4. The Bertz CT molecular complexity index is 2870. The zero-order chi connectivity index (χ0) is 37.0. The van der Waals surface area contributed by atoms with E-state index in [2.05, 4.69) is 206 Å². The molecule has 0 spiro atoms. The summed E-state index contributed by atoms with van der Waals surface area (Å²) in [7, 11) is 0. The van der Waals surface area contributed by atoms with Gasteiger partial charge in [0.2, 0.25) is 0 Å². The molecule has 0 aliphatic rings. The van der Waals surface area contributed by atoms with Gasteiger partial charge in [-0.3, -0.25) is 0 Å². The van der Waals surface area contributed by atoms with Gasteiger partial charge in [-0.2, -0.15) is 0 Å². The molecule has 0 atom stereocenters. The second-order valence-electron chi connectivity index (χ2n) is 14.5. The third-order valence-electron chi connectivity index (χ3n) is 11.0. The minimum absolute atomic E-state index is 0.771. The Balaban J connectivity index is 1.03. The third-order valence-corrected chi connectivity index (χ3v) is 11.0. The Kier molecular flexibility index (Phi) is 7.53. The first kappa shape index (κ1) is 32.0. The summed E-state index contributed by atoms with van der Waals surface area (Å²) in [6.07, 6.45) is 0. The van der Waals surface area contributed by atoms with Crippen molar-refractivity contribution in [3.8, 4) is 66.8 Å². The smallest absolute Gasteiger partial charge is 0.178 e. The lowest BCUT2D eigenvalue weighted by Crippen LogP contribution is -1.86. The fraction of sp³-hybridized carbons (Fsp3) is 0. The number of fused-ring (bicyclic) bond motifs is 7. The largest absolute Gasteiger partial charge is 0.452 e. The first-order chi connectivity index (χ1) is 27.7. The van der Waals surface area contributed by atoms with Crippen LogP contribution in [0.5, 0.6) is 0 Å². The predicted molar refractivity (Wildman–Crippen MR) is 234 cm³/mol. The van der Waals surface area contributed by atoms with Gasteiger partial charge in [0.25, 0.3) is 0 Å². The van der Waals surface area contributed by atoms with Crippen molar-refractivity contribution in [2.24, 2.45) is 0 Å². The standard InChI is InChI=1S/C54H34O2/c1-5-13-35(14-6-1)41-27-42(36-15-7-2-8-16-36)30-45(29-41)39-21-25-51-49(33-39)47-23-24-48-50-34-40(22-26-52(50)56-54(48)53(47)55-51)46-31-43(37-17-9-3-10-18-37)28-44(32-46)38-19-11-4-12-20-38/h1-34H. The lowest BCUT2D eigenvalue weighted by Gasteiger charge is -2.11. The summed E-state index contributed by atoms with van der Waals surface area (Å²) in [6, 6.07) is 73.6. The highest BCUT2D eigenvalue weighted by Gasteiger charge is 2.18. The Hall–Kier alpha value is -7.42. The zero-order valence-electron chi connectivity index (χ0n) is 30.4. The van der Waals surface area contributed by atoms with Gasteiger partial charge >= 0.3 is 0 Å². The summed E-state index contributed by atoms with van der Waals surface area (Å²) in [4.78, 5) is 0. The molecule has 0 saturated carbocycles. The van der Waals surface area contributed by atoms with Crippen LogP contribution in [-0.4, -0.2) is 0 Å². The molecule has 0 aliphatic carbocycles. The van der Waals surface area contributed by atoms with E-state index in [9.17, 15) is 0 Å². The monoisotopic (exact) mass is 714 g/mol. The van der Waals surface area contributed by atoms with E-state index in [-0.39, 0.29) is 0 Å². The van der Waals surface area contributed by atoms with Crippen LogP contribution in [0, 0.1) is 0 Å². The molecular formula is C54H34O2. The van der Waals surface area contributed by atoms with Crippen LogP contribution in [0.1, 0.15) is 0 Å². The average Bonchev–Trinajstić information content (AvgIpc) is 3.85. The van der Waals surface area contributed by atoms with Gasteiger partial charge in [-0.15, -0.1) is 0 Å². The minimum atomic E-state index is 0.771. The Morgan fingerprint density at radius 1 is 0.196 bits per heavy atom. The molecule has 11 aromatic rings. The molecule has 0 amide bonds. The molecule has 0 radical (unpaired) electrons. The summed E-state index contributed by atoms with van der Waals surface area (Å²) < 4.78 is 13.2. The van der Waals surface area contributed by atoms with Crippen molar-refractivity contribution in [3.63, 3.8) is 0 Å². The van der Waals surface area contributed by atoms with Crippen molar-refractivity contribution in [2.45, 2.75) is 0 Å². The van der Waals surface area contributed by atoms with E-state index in [1.165, 1.54) is 44.5 Å². The van der Waals surface area contributed by atoms with Gasteiger partial charge in [-0.25, -0.2) is 0 Å². The van der Waals surface area contributed by atoms with Crippen molar-refractivity contribution in [2.75, 3.05) is 0 Å². The van der Waals surface area contributed by atoms with Crippen molar-refractivity contribution >= 4 is 43.9 Å². The second-order valence-corrected chi connectivity index (χ2v) is 14.5. The van der Waals surface area contributed by atoms with Gasteiger partial charge in [0.15, 0.2) is 11.2 Å². The predicted octanol–water partition coefficient (Wildman–Crippen LogP) is 15.5. The van der Waals surface area contributed by atoms with E-state index in [1.807, 2.05) is 0 Å². The van der Waals surface area contributed by atoms with Crippen LogP contribution in [0.2, 0.25) is 0 Å². The van der Waals surface area contributed by atoms with Crippen LogP contribution in [-0.2, 0) is 0 Å². The van der Waals surface area contributed by atoms with E-state index < -0.39 is 0 Å². The Morgan fingerprint density at radius 3 is 0.786 bits per heavy atom. The zero-order valence-corrected chi connectivity index (χ0v) is 30.4. The van der Waals surface area contributed by atoms with Crippen molar-refractivity contribution in [1.29, 1.82) is 0 Å². The minimum Gasteiger partial charge on any atom is -0.452 e. The molecule has 0 bridgehead atoms. The molecule has 2 aromatic heterocycles. The Labute approximate surface area is 324 Å². The fourth-order valence-corrected chi connectivity index (χ4v) is 8.21. The van der Waals surface area contributed by atoms with E-state index in [0.717, 1.165) is 66.1 Å². The van der Waals surface area contributed by atoms with Crippen molar-refractivity contribution in [3.05, 3.63) is 206 Å². The fourth-order valence-electron chi connectivity index (χ4n) is 8.21. The molecular weight excluding hydrogens is 681 g/mol. The lowest BCUT2D eigenvalue weighted by molar-refractivity contribution is 0.633. The molecule has 2 nitrogen and oxygen atoms in total. The van der Waals surface area contributed by atoms with Crippen LogP contribution >= 0.6 is 0 Å². The van der Waals surface area contributed by atoms with E-state index in [0.29, 0.717) is 0 Å². The maximum atomic E-state index is 6.62. The van der Waals surface area contributed by atoms with Crippen molar-refractivity contribution in [1.82, 2.24) is 0 Å². The summed E-state index contributed by atoms with van der Waals surface area (Å²) in [6.45, 7) is 0. The summed E-state index contributed by atoms with van der Waals surface area (Å²) >= 11 is 0. The van der Waals surface area contributed by atoms with Crippen LogP contribution in [0.4, 0.5) is 0 Å². The molecule has 2 heteroatoms. The highest BCUT2D eigenvalue weighted by Crippen LogP contribution is 2.42. The van der Waals surface area contributed by atoms with E-state index in [4.69, 9.17) is 8.83 Å². The first-order valence-electron chi connectivity index (χ1n) is 19.1. The Morgan fingerprint density at radius 2 is 0.482 bits per heavy atom. The maximum Gasteiger partial charge on any atom is 0.178 e. The van der Waals surface area contributed by atoms with Gasteiger partial charge in [0, 0.05) is 21.5 Å². The van der Waals surface area contributed by atoms with Gasteiger partial charge in [-0.05, 0) is 140 Å². The van der Waals surface area contributed by atoms with E-state index >= 15 is 0 Å².